The molecule has 1 aliphatic rings. The average molecular weight is 498 g/mol. The second-order valence-corrected chi connectivity index (χ2v) is 9.91. The third-order valence-electron chi connectivity index (χ3n) is 6.22. The van der Waals surface area contributed by atoms with E-state index in [-0.39, 0.29) is 11.8 Å². The van der Waals surface area contributed by atoms with E-state index in [1.54, 1.807) is 35.9 Å². The minimum Gasteiger partial charge on any atom is -0.367 e. The minimum atomic E-state index is -0.163. The lowest BCUT2D eigenvalue weighted by atomic mass is 10.1. The molecule has 5 rings (SSSR count). The second-order valence-electron chi connectivity index (χ2n) is 8.62. The number of carbonyl (C=O) groups is 2. The molecule has 36 heavy (non-hydrogen) atoms. The molecule has 1 aliphatic heterocycles. The Kier molecular flexibility index (Phi) is 7.04. The van der Waals surface area contributed by atoms with Gasteiger partial charge in [-0.2, -0.15) is 0 Å². The highest BCUT2D eigenvalue weighted by atomic mass is 32.1. The van der Waals surface area contributed by atoms with E-state index in [1.807, 2.05) is 66.4 Å². The van der Waals surface area contributed by atoms with Crippen molar-refractivity contribution in [3.05, 3.63) is 94.6 Å². The Hall–Kier alpha value is -4.04. The number of carbonyl (C=O) groups excluding carboxylic acids is 2. The number of pyridine rings is 1. The Bertz CT molecular complexity index is 1350. The molecular formula is C28H27N5O2S. The van der Waals surface area contributed by atoms with E-state index >= 15 is 0 Å². The van der Waals surface area contributed by atoms with Crippen LogP contribution in [0, 0.1) is 6.92 Å². The molecular weight excluding hydrogens is 470 g/mol. The number of hydrogen-bond donors (Lipinski definition) is 1. The van der Waals surface area contributed by atoms with Crippen molar-refractivity contribution >= 4 is 34.5 Å². The first-order chi connectivity index (χ1) is 17.6. The van der Waals surface area contributed by atoms with Gasteiger partial charge in [0.25, 0.3) is 5.91 Å². The molecule has 8 heteroatoms. The van der Waals surface area contributed by atoms with Gasteiger partial charge in [-0.15, -0.1) is 11.3 Å². The number of nitrogens with zero attached hydrogens (tertiary/aromatic N) is 4. The number of anilines is 2. The number of aromatic nitrogens is 2. The van der Waals surface area contributed by atoms with Crippen LogP contribution in [0.1, 0.15) is 20.2 Å². The number of hydrogen-bond acceptors (Lipinski definition) is 6. The van der Waals surface area contributed by atoms with Gasteiger partial charge in [-0.25, -0.2) is 4.98 Å². The van der Waals surface area contributed by atoms with Crippen molar-refractivity contribution in [1.29, 1.82) is 0 Å². The first-order valence-electron chi connectivity index (χ1n) is 11.9. The van der Waals surface area contributed by atoms with E-state index in [0.29, 0.717) is 43.9 Å². The smallest absolute Gasteiger partial charge is 0.257 e. The molecule has 2 amide bonds. The van der Waals surface area contributed by atoms with Gasteiger partial charge < -0.3 is 15.1 Å². The van der Waals surface area contributed by atoms with E-state index in [4.69, 9.17) is 0 Å². The third kappa shape index (κ3) is 5.28. The zero-order valence-electron chi connectivity index (χ0n) is 20.1. The highest BCUT2D eigenvalue weighted by Crippen LogP contribution is 2.29. The number of rotatable bonds is 6. The number of benzene rings is 2. The molecule has 0 unspecified atom stereocenters. The molecule has 0 aliphatic carbocycles. The van der Waals surface area contributed by atoms with Gasteiger partial charge in [-0.1, -0.05) is 42.5 Å². The van der Waals surface area contributed by atoms with Crippen molar-refractivity contribution in [2.24, 2.45) is 0 Å². The summed E-state index contributed by atoms with van der Waals surface area (Å²) in [5.41, 5.74) is 4.13. The summed E-state index contributed by atoms with van der Waals surface area (Å²) in [6, 6.07) is 21.2. The molecule has 0 spiro atoms. The van der Waals surface area contributed by atoms with Crippen LogP contribution in [0.5, 0.6) is 0 Å². The van der Waals surface area contributed by atoms with Gasteiger partial charge in [0.1, 0.15) is 0 Å². The van der Waals surface area contributed by atoms with Crippen molar-refractivity contribution < 1.29 is 9.59 Å². The number of thiazole rings is 1. The van der Waals surface area contributed by atoms with Crippen molar-refractivity contribution in [3.8, 4) is 11.3 Å². The number of aryl methyl sites for hydroxylation is 1. The molecule has 0 atom stereocenters. The highest BCUT2D eigenvalue weighted by Gasteiger charge is 2.25. The molecule has 1 saturated heterocycles. The van der Waals surface area contributed by atoms with Gasteiger partial charge in [0.05, 0.1) is 22.7 Å². The third-order valence-corrected chi connectivity index (χ3v) is 7.19. The summed E-state index contributed by atoms with van der Waals surface area (Å²) < 4.78 is 0. The van der Waals surface area contributed by atoms with E-state index in [2.05, 4.69) is 20.2 Å². The van der Waals surface area contributed by atoms with Crippen LogP contribution in [-0.4, -0.2) is 52.9 Å². The summed E-state index contributed by atoms with van der Waals surface area (Å²) in [6.07, 6.45) is 3.64. The normalized spacial score (nSPS) is 13.5. The number of nitrogens with one attached hydrogen (secondary N) is 1. The van der Waals surface area contributed by atoms with Crippen LogP contribution in [-0.2, 0) is 11.2 Å². The topological polar surface area (TPSA) is 78.4 Å². The van der Waals surface area contributed by atoms with E-state index in [1.165, 1.54) is 0 Å². The van der Waals surface area contributed by atoms with Gasteiger partial charge in [0, 0.05) is 60.4 Å². The van der Waals surface area contributed by atoms with Crippen LogP contribution >= 0.6 is 11.3 Å². The molecule has 0 radical (unpaired) electrons. The van der Waals surface area contributed by atoms with E-state index < -0.39 is 0 Å². The molecule has 182 valence electrons. The number of amides is 2. The second kappa shape index (κ2) is 10.7. The predicted octanol–water partition coefficient (Wildman–Crippen LogP) is 4.66. The summed E-state index contributed by atoms with van der Waals surface area (Å²) in [7, 11) is 0. The zero-order chi connectivity index (χ0) is 24.9. The van der Waals surface area contributed by atoms with Crippen LogP contribution in [0.3, 0.4) is 0 Å². The Balaban J connectivity index is 1.24. The number of para-hydroxylation sites is 1. The summed E-state index contributed by atoms with van der Waals surface area (Å²) >= 11 is 1.59. The maximum atomic E-state index is 13.2. The van der Waals surface area contributed by atoms with Crippen LogP contribution < -0.4 is 10.2 Å². The lowest BCUT2D eigenvalue weighted by molar-refractivity contribution is -0.130. The van der Waals surface area contributed by atoms with Crippen LogP contribution in [0.15, 0.2) is 79.1 Å². The molecule has 2 aromatic heterocycles. The molecule has 3 heterocycles. The quantitative estimate of drug-likeness (QED) is 0.419. The fraction of sp³-hybridized carbons (Fsp3) is 0.214. The molecule has 2 aromatic carbocycles. The predicted molar refractivity (Wildman–Crippen MR) is 143 cm³/mol. The molecule has 4 aromatic rings. The maximum absolute atomic E-state index is 13.2. The maximum Gasteiger partial charge on any atom is 0.257 e. The molecule has 1 N–H and O–H groups in total. The van der Waals surface area contributed by atoms with Crippen LogP contribution in [0.25, 0.3) is 11.3 Å². The van der Waals surface area contributed by atoms with Crippen LogP contribution in [0.2, 0.25) is 0 Å². The zero-order valence-corrected chi connectivity index (χ0v) is 20.9. The van der Waals surface area contributed by atoms with Gasteiger partial charge >= 0.3 is 0 Å². The SMILES string of the molecule is Cc1nc(-c2ccccc2)c(CC(=O)N2CCN(c3ccccc3C(=O)Nc3ccncc3)CC2)s1. The summed E-state index contributed by atoms with van der Waals surface area (Å²) in [5, 5.41) is 3.90. The number of piperazine rings is 1. The Labute approximate surface area is 214 Å². The van der Waals surface area contributed by atoms with Crippen LogP contribution in [0.4, 0.5) is 11.4 Å². The standard InChI is InChI=1S/C28H27N5O2S/c1-20-30-27(21-7-3-2-4-8-21)25(36-20)19-26(34)33-17-15-32(16-18-33)24-10-6-5-9-23(24)28(35)31-22-11-13-29-14-12-22/h2-14H,15-19H2,1H3,(H,29,31,35). The van der Waals surface area contributed by atoms with Gasteiger partial charge in [0.2, 0.25) is 5.91 Å². The summed E-state index contributed by atoms with van der Waals surface area (Å²) in [6.45, 7) is 4.53. The summed E-state index contributed by atoms with van der Waals surface area (Å²) in [5.74, 6) is -0.0523. The Morgan fingerprint density at radius 1 is 0.917 bits per heavy atom. The lowest BCUT2D eigenvalue weighted by Gasteiger charge is -2.37. The highest BCUT2D eigenvalue weighted by molar-refractivity contribution is 7.12. The first-order valence-corrected chi connectivity index (χ1v) is 12.7. The molecule has 0 bridgehead atoms. The van der Waals surface area contributed by atoms with Gasteiger partial charge in [-0.05, 0) is 31.2 Å². The van der Waals surface area contributed by atoms with Crippen molar-refractivity contribution in [1.82, 2.24) is 14.9 Å². The fourth-order valence-electron chi connectivity index (χ4n) is 4.43. The van der Waals surface area contributed by atoms with Crippen molar-refractivity contribution in [2.45, 2.75) is 13.3 Å². The fourth-order valence-corrected chi connectivity index (χ4v) is 5.38. The summed E-state index contributed by atoms with van der Waals surface area (Å²) in [4.78, 5) is 40.0. The lowest BCUT2D eigenvalue weighted by Crippen LogP contribution is -2.49. The van der Waals surface area contributed by atoms with E-state index in [9.17, 15) is 9.59 Å². The van der Waals surface area contributed by atoms with E-state index in [0.717, 1.165) is 26.8 Å². The molecule has 1 fully saturated rings. The molecule has 7 nitrogen and oxygen atoms in total. The average Bonchev–Trinajstić information content (AvgIpc) is 3.29. The van der Waals surface area contributed by atoms with Gasteiger partial charge in [0.15, 0.2) is 0 Å². The Morgan fingerprint density at radius 3 is 2.36 bits per heavy atom. The van der Waals surface area contributed by atoms with Crippen molar-refractivity contribution in [2.75, 3.05) is 36.4 Å². The Morgan fingerprint density at radius 2 is 1.61 bits per heavy atom. The minimum absolute atomic E-state index is 0.110. The van der Waals surface area contributed by atoms with Gasteiger partial charge in [-0.3, -0.25) is 14.6 Å². The largest absolute Gasteiger partial charge is 0.367 e. The van der Waals surface area contributed by atoms with Crippen molar-refractivity contribution in [3.63, 3.8) is 0 Å². The molecule has 0 saturated carbocycles. The monoisotopic (exact) mass is 497 g/mol. The first kappa shape index (κ1) is 23.7.